The van der Waals surface area contributed by atoms with Gasteiger partial charge in [0.2, 0.25) is 0 Å². The number of sulfone groups is 1. The molecule has 2 heterocycles. The van der Waals surface area contributed by atoms with Crippen LogP contribution in [0.2, 0.25) is 5.02 Å². The standard InChI is InChI=1S/C22H23ClN2O3S2/c1-24(2)16-9-7-15(8-10-16)13-25(17-11-12-30(27,28)14-17)22(26)21-20(23)18-5-3-4-6-19(18)29-21/h3-10,17H,11-14H2,1-2H3. The summed E-state index contributed by atoms with van der Waals surface area (Å²) in [7, 11) is 0.809. The molecule has 0 aliphatic carbocycles. The summed E-state index contributed by atoms with van der Waals surface area (Å²) in [6.07, 6.45) is 0.451. The van der Waals surface area contributed by atoms with E-state index in [-0.39, 0.29) is 23.5 Å². The van der Waals surface area contributed by atoms with Crippen LogP contribution >= 0.6 is 22.9 Å². The molecule has 0 spiro atoms. The van der Waals surface area contributed by atoms with Gasteiger partial charge in [-0.1, -0.05) is 41.9 Å². The van der Waals surface area contributed by atoms with E-state index in [2.05, 4.69) is 0 Å². The summed E-state index contributed by atoms with van der Waals surface area (Å²) in [5, 5.41) is 1.29. The van der Waals surface area contributed by atoms with Crippen LogP contribution in [0.3, 0.4) is 0 Å². The van der Waals surface area contributed by atoms with Gasteiger partial charge in [-0.15, -0.1) is 11.3 Å². The maximum Gasteiger partial charge on any atom is 0.266 e. The first-order valence-corrected chi connectivity index (χ1v) is 12.7. The van der Waals surface area contributed by atoms with Crippen LogP contribution in [0.15, 0.2) is 48.5 Å². The topological polar surface area (TPSA) is 57.7 Å². The number of benzene rings is 2. The summed E-state index contributed by atoms with van der Waals surface area (Å²) in [4.78, 5) is 17.7. The zero-order valence-corrected chi connectivity index (χ0v) is 19.2. The Bertz CT molecular complexity index is 1190. The third-order valence-electron chi connectivity index (χ3n) is 5.44. The van der Waals surface area contributed by atoms with E-state index in [0.717, 1.165) is 21.3 Å². The SMILES string of the molecule is CN(C)c1ccc(CN(C(=O)c2sc3ccccc3c2Cl)C2CCS(=O)(=O)C2)cc1. The van der Waals surface area contributed by atoms with Crippen LogP contribution in [0.25, 0.3) is 10.1 Å². The Labute approximate surface area is 185 Å². The van der Waals surface area contributed by atoms with Crippen molar-refractivity contribution in [2.75, 3.05) is 30.5 Å². The van der Waals surface area contributed by atoms with Crippen molar-refractivity contribution in [2.45, 2.75) is 19.0 Å². The van der Waals surface area contributed by atoms with Crippen LogP contribution in [0.4, 0.5) is 5.69 Å². The molecule has 0 bridgehead atoms. The van der Waals surface area contributed by atoms with Gasteiger partial charge in [-0.2, -0.15) is 0 Å². The molecular weight excluding hydrogens is 440 g/mol. The Hall–Kier alpha value is -2.09. The van der Waals surface area contributed by atoms with Gasteiger partial charge in [0.05, 0.1) is 16.5 Å². The number of hydrogen-bond acceptors (Lipinski definition) is 5. The Balaban J connectivity index is 1.69. The van der Waals surface area contributed by atoms with Gasteiger partial charge < -0.3 is 9.80 Å². The fourth-order valence-corrected chi connectivity index (χ4v) is 6.96. The molecule has 30 heavy (non-hydrogen) atoms. The van der Waals surface area contributed by atoms with E-state index in [1.54, 1.807) is 4.90 Å². The number of halogens is 1. The van der Waals surface area contributed by atoms with Crippen LogP contribution in [0.5, 0.6) is 0 Å². The van der Waals surface area contributed by atoms with Crippen LogP contribution in [-0.4, -0.2) is 50.9 Å². The molecule has 1 aliphatic heterocycles. The molecule has 158 valence electrons. The molecule has 1 fully saturated rings. The normalized spacial score (nSPS) is 17.9. The Morgan fingerprint density at radius 1 is 1.13 bits per heavy atom. The molecule has 0 radical (unpaired) electrons. The number of anilines is 1. The van der Waals surface area contributed by atoms with Crippen molar-refractivity contribution in [3.63, 3.8) is 0 Å². The highest BCUT2D eigenvalue weighted by molar-refractivity contribution is 7.91. The molecule has 8 heteroatoms. The fraction of sp³-hybridized carbons (Fsp3) is 0.318. The van der Waals surface area contributed by atoms with Gasteiger partial charge in [-0.25, -0.2) is 8.42 Å². The summed E-state index contributed by atoms with van der Waals surface area (Å²) in [5.74, 6) is -0.0990. The number of nitrogens with zero attached hydrogens (tertiary/aromatic N) is 2. The number of carbonyl (C=O) groups excluding carboxylic acids is 1. The zero-order valence-electron chi connectivity index (χ0n) is 16.8. The van der Waals surface area contributed by atoms with E-state index >= 15 is 0 Å². The zero-order chi connectivity index (χ0) is 21.5. The largest absolute Gasteiger partial charge is 0.378 e. The van der Waals surface area contributed by atoms with Crippen molar-refractivity contribution in [3.8, 4) is 0 Å². The van der Waals surface area contributed by atoms with Crippen molar-refractivity contribution in [2.24, 2.45) is 0 Å². The van der Waals surface area contributed by atoms with Crippen LogP contribution in [-0.2, 0) is 16.4 Å². The van der Waals surface area contributed by atoms with Crippen molar-refractivity contribution < 1.29 is 13.2 Å². The molecule has 3 aromatic rings. The first-order valence-electron chi connectivity index (χ1n) is 9.70. The molecule has 0 N–H and O–H groups in total. The van der Waals surface area contributed by atoms with Crippen molar-refractivity contribution >= 4 is 54.5 Å². The molecular formula is C22H23ClN2O3S2. The lowest BCUT2D eigenvalue weighted by atomic mass is 10.1. The lowest BCUT2D eigenvalue weighted by molar-refractivity contribution is 0.0686. The van der Waals surface area contributed by atoms with E-state index in [1.165, 1.54) is 11.3 Å². The third-order valence-corrected chi connectivity index (χ3v) is 8.86. The number of fused-ring (bicyclic) bond motifs is 1. The monoisotopic (exact) mass is 462 g/mol. The van der Waals surface area contributed by atoms with Crippen LogP contribution in [0, 0.1) is 0 Å². The predicted molar refractivity (Wildman–Crippen MR) is 125 cm³/mol. The highest BCUT2D eigenvalue weighted by atomic mass is 35.5. The second-order valence-corrected chi connectivity index (χ2v) is 11.5. The van der Waals surface area contributed by atoms with Gasteiger partial charge in [-0.05, 0) is 30.2 Å². The van der Waals surface area contributed by atoms with Crippen LogP contribution in [0.1, 0.15) is 21.7 Å². The quantitative estimate of drug-likeness (QED) is 0.562. The minimum absolute atomic E-state index is 0.00294. The molecule has 0 saturated carbocycles. The highest BCUT2D eigenvalue weighted by Gasteiger charge is 2.36. The van der Waals surface area contributed by atoms with Gasteiger partial charge in [0.1, 0.15) is 4.88 Å². The highest BCUT2D eigenvalue weighted by Crippen LogP contribution is 2.37. The lowest BCUT2D eigenvalue weighted by Gasteiger charge is -2.28. The van der Waals surface area contributed by atoms with Crippen LogP contribution < -0.4 is 4.90 Å². The molecule has 4 rings (SSSR count). The number of hydrogen-bond donors (Lipinski definition) is 0. The molecule has 1 aliphatic rings. The van der Waals surface area contributed by atoms with E-state index < -0.39 is 9.84 Å². The number of rotatable bonds is 5. The second-order valence-electron chi connectivity index (χ2n) is 7.79. The molecule has 1 atom stereocenters. The maximum absolute atomic E-state index is 13.6. The summed E-state index contributed by atoms with van der Waals surface area (Å²) in [6.45, 7) is 0.345. The van der Waals surface area contributed by atoms with E-state index in [9.17, 15) is 13.2 Å². The van der Waals surface area contributed by atoms with Crippen molar-refractivity contribution in [3.05, 3.63) is 64.0 Å². The van der Waals surface area contributed by atoms with E-state index in [1.807, 2.05) is 67.5 Å². The molecule has 1 amide bonds. The summed E-state index contributed by atoms with van der Waals surface area (Å²) >= 11 is 7.91. The van der Waals surface area contributed by atoms with Gasteiger partial charge in [0.25, 0.3) is 5.91 Å². The minimum Gasteiger partial charge on any atom is -0.378 e. The third kappa shape index (κ3) is 4.19. The predicted octanol–water partition coefficient (Wildman–Crippen LogP) is 4.45. The minimum atomic E-state index is -3.13. The summed E-state index contributed by atoms with van der Waals surface area (Å²) < 4.78 is 25.2. The van der Waals surface area contributed by atoms with Gasteiger partial charge in [0, 0.05) is 42.5 Å². The lowest BCUT2D eigenvalue weighted by Crippen LogP contribution is -2.40. The van der Waals surface area contributed by atoms with Crippen molar-refractivity contribution in [1.82, 2.24) is 4.90 Å². The average Bonchev–Trinajstić information content (AvgIpc) is 3.25. The smallest absolute Gasteiger partial charge is 0.266 e. The van der Waals surface area contributed by atoms with Gasteiger partial charge in [-0.3, -0.25) is 4.79 Å². The average molecular weight is 463 g/mol. The fourth-order valence-electron chi connectivity index (χ4n) is 3.77. The van der Waals surface area contributed by atoms with Gasteiger partial charge in [0.15, 0.2) is 9.84 Å². The Morgan fingerprint density at radius 2 is 1.83 bits per heavy atom. The van der Waals surface area contributed by atoms with E-state index in [4.69, 9.17) is 11.6 Å². The number of amides is 1. The second kappa shape index (κ2) is 8.21. The Kier molecular flexibility index (Phi) is 5.79. The molecule has 1 unspecified atom stereocenters. The maximum atomic E-state index is 13.6. The number of thiophene rings is 1. The summed E-state index contributed by atoms with van der Waals surface area (Å²) in [5.41, 5.74) is 2.02. The first-order chi connectivity index (χ1) is 14.2. The van der Waals surface area contributed by atoms with Crippen molar-refractivity contribution in [1.29, 1.82) is 0 Å². The molecule has 1 aromatic heterocycles. The summed E-state index contributed by atoms with van der Waals surface area (Å²) in [6, 6.07) is 15.2. The molecule has 5 nitrogen and oxygen atoms in total. The molecule has 2 aromatic carbocycles. The Morgan fingerprint density at radius 3 is 2.43 bits per heavy atom. The first kappa shape index (κ1) is 21.2. The van der Waals surface area contributed by atoms with E-state index in [0.29, 0.717) is 22.9 Å². The van der Waals surface area contributed by atoms with Gasteiger partial charge >= 0.3 is 0 Å². The molecule has 1 saturated heterocycles. The number of carbonyl (C=O) groups is 1.